The van der Waals surface area contributed by atoms with Crippen LogP contribution in [0, 0.1) is 0 Å². The van der Waals surface area contributed by atoms with Crippen LogP contribution in [0.5, 0.6) is 0 Å². The van der Waals surface area contributed by atoms with Gasteiger partial charge in [0.1, 0.15) is 0 Å². The zero-order valence-electron chi connectivity index (χ0n) is 37.3. The molecule has 5 nitrogen and oxygen atoms in total. The van der Waals surface area contributed by atoms with Crippen molar-refractivity contribution in [1.82, 2.24) is 19.5 Å². The highest BCUT2D eigenvalue weighted by Crippen LogP contribution is 2.53. The minimum absolute atomic E-state index is 0.291. The molecular weight excluding hydrogens is 815 g/mol. The Kier molecular flexibility index (Phi) is 9.76. The van der Waals surface area contributed by atoms with E-state index in [0.717, 1.165) is 55.9 Å². The second-order valence-electron chi connectivity index (χ2n) is 17.7. The molecule has 0 unspecified atom stereocenters. The molecule has 0 saturated heterocycles. The Labute approximate surface area is 390 Å². The third kappa shape index (κ3) is 7.09. The highest BCUT2D eigenvalue weighted by molar-refractivity contribution is 6.14. The quantitative estimate of drug-likeness (QED) is 0.136. The number of fused-ring (bicyclic) bond motifs is 7. The van der Waals surface area contributed by atoms with Crippen LogP contribution in [0.15, 0.2) is 224 Å². The number of rotatable bonds is 9. The third-order valence-electron chi connectivity index (χ3n) is 13.2. The third-order valence-corrected chi connectivity index (χ3v) is 13.2. The first-order chi connectivity index (χ1) is 33.0. The molecule has 0 fully saturated rings. The summed E-state index contributed by atoms with van der Waals surface area (Å²) in [5.41, 5.74) is 16.9. The van der Waals surface area contributed by atoms with Gasteiger partial charge in [0.05, 0.1) is 11.0 Å². The van der Waals surface area contributed by atoms with Crippen LogP contribution in [0.2, 0.25) is 0 Å². The molecule has 0 aliphatic heterocycles. The molecule has 5 heteroatoms. The maximum Gasteiger partial charge on any atom is 0.164 e. The van der Waals surface area contributed by atoms with Crippen molar-refractivity contribution in [1.29, 1.82) is 0 Å². The molecule has 0 saturated carbocycles. The van der Waals surface area contributed by atoms with Gasteiger partial charge in [-0.15, -0.1) is 0 Å². The van der Waals surface area contributed by atoms with E-state index in [9.17, 15) is 0 Å². The van der Waals surface area contributed by atoms with Crippen LogP contribution >= 0.6 is 0 Å². The molecule has 0 amide bonds. The second kappa shape index (κ2) is 16.4. The lowest BCUT2D eigenvalue weighted by Gasteiger charge is -2.25. The number of aromatic nitrogens is 4. The summed E-state index contributed by atoms with van der Waals surface area (Å²) in [5.74, 6) is 1.94. The SMILES string of the molecule is CC1(C)c2cc(/C=C/c3ccc(N(c4ccccc4)c4ccccc4)cc3)ccc2-c2ccc3c4cc(-c5nc(-c6ccccc6)nc(-c6ccccc6)n5)ccc4n(-c4ccccc4)c3c21. The Balaban J connectivity index is 0.934. The number of hydrogen-bond acceptors (Lipinski definition) is 4. The van der Waals surface area contributed by atoms with Crippen LogP contribution in [0.4, 0.5) is 17.1 Å². The minimum Gasteiger partial charge on any atom is -0.311 e. The molecule has 67 heavy (non-hydrogen) atoms. The minimum atomic E-state index is -0.291. The van der Waals surface area contributed by atoms with Crippen molar-refractivity contribution in [3.63, 3.8) is 0 Å². The molecule has 1 aliphatic rings. The van der Waals surface area contributed by atoms with E-state index in [-0.39, 0.29) is 5.41 Å². The van der Waals surface area contributed by atoms with Gasteiger partial charge < -0.3 is 9.47 Å². The van der Waals surface area contributed by atoms with Gasteiger partial charge >= 0.3 is 0 Å². The normalized spacial score (nSPS) is 12.7. The van der Waals surface area contributed by atoms with Gasteiger partial charge in [0, 0.05) is 55.6 Å². The Morgan fingerprint density at radius 3 is 1.51 bits per heavy atom. The van der Waals surface area contributed by atoms with Crippen molar-refractivity contribution in [2.24, 2.45) is 0 Å². The Bertz CT molecular complexity index is 3520. The van der Waals surface area contributed by atoms with Gasteiger partial charge in [0.15, 0.2) is 17.5 Å². The van der Waals surface area contributed by atoms with Crippen LogP contribution in [0.1, 0.15) is 36.1 Å². The molecule has 2 aromatic heterocycles. The molecule has 12 rings (SSSR count). The standard InChI is InChI=1S/C62H45N5/c1-62(2)55-40-43(29-28-42-30-34-50(35-31-42)66(47-22-12-5-13-23-47)48-24-14-6-15-25-48)32-36-51(55)52-37-38-53-54-41-46(33-39-56(54)67(58(53)57(52)62)49-26-16-7-17-27-49)61-64-59(44-18-8-3-9-19-44)63-60(65-61)45-20-10-4-11-21-45/h3-41H,1-2H3/b29-28+. The summed E-state index contributed by atoms with van der Waals surface area (Å²) in [4.78, 5) is 17.4. The number of anilines is 3. The Morgan fingerprint density at radius 2 is 0.910 bits per heavy atom. The van der Waals surface area contributed by atoms with E-state index >= 15 is 0 Å². The number of nitrogens with zero attached hydrogens (tertiary/aromatic N) is 5. The van der Waals surface area contributed by atoms with E-state index in [2.05, 4.69) is 224 Å². The van der Waals surface area contributed by atoms with Gasteiger partial charge in [-0.1, -0.05) is 184 Å². The fraction of sp³-hybridized carbons (Fsp3) is 0.0484. The zero-order chi connectivity index (χ0) is 44.9. The number of benzene rings is 9. The second-order valence-corrected chi connectivity index (χ2v) is 17.7. The van der Waals surface area contributed by atoms with Crippen molar-refractivity contribution in [3.05, 3.63) is 247 Å². The lowest BCUT2D eigenvalue weighted by atomic mass is 9.81. The van der Waals surface area contributed by atoms with Gasteiger partial charge in [0.25, 0.3) is 0 Å². The lowest BCUT2D eigenvalue weighted by molar-refractivity contribution is 0.663. The molecule has 0 N–H and O–H groups in total. The molecule has 318 valence electrons. The number of hydrogen-bond donors (Lipinski definition) is 0. The monoisotopic (exact) mass is 859 g/mol. The van der Waals surface area contributed by atoms with E-state index in [0.29, 0.717) is 17.5 Å². The first-order valence-electron chi connectivity index (χ1n) is 22.9. The van der Waals surface area contributed by atoms with E-state index in [1.165, 1.54) is 38.7 Å². The van der Waals surface area contributed by atoms with Crippen LogP contribution in [-0.2, 0) is 5.41 Å². The fourth-order valence-corrected chi connectivity index (χ4v) is 9.97. The Hall–Kier alpha value is -8.67. The van der Waals surface area contributed by atoms with E-state index in [1.807, 2.05) is 36.4 Å². The molecular formula is C62H45N5. The molecule has 2 heterocycles. The van der Waals surface area contributed by atoms with Crippen molar-refractivity contribution >= 4 is 51.0 Å². The molecule has 1 aliphatic carbocycles. The van der Waals surface area contributed by atoms with Crippen LogP contribution in [0.3, 0.4) is 0 Å². The summed E-state index contributed by atoms with van der Waals surface area (Å²) < 4.78 is 2.46. The largest absolute Gasteiger partial charge is 0.311 e. The van der Waals surface area contributed by atoms with Crippen LogP contribution in [0.25, 0.3) is 84.9 Å². The highest BCUT2D eigenvalue weighted by atomic mass is 15.1. The van der Waals surface area contributed by atoms with Crippen molar-refractivity contribution in [2.75, 3.05) is 4.90 Å². The molecule has 0 spiro atoms. The molecule has 0 radical (unpaired) electrons. The molecule has 0 atom stereocenters. The van der Waals surface area contributed by atoms with Crippen molar-refractivity contribution in [2.45, 2.75) is 19.3 Å². The summed E-state index contributed by atoms with van der Waals surface area (Å²) in [7, 11) is 0. The van der Waals surface area contributed by atoms with Gasteiger partial charge in [-0.25, -0.2) is 15.0 Å². The summed E-state index contributed by atoms with van der Waals surface area (Å²) in [5, 5.41) is 2.35. The van der Waals surface area contributed by atoms with Crippen LogP contribution < -0.4 is 4.90 Å². The smallest absolute Gasteiger partial charge is 0.164 e. The van der Waals surface area contributed by atoms with E-state index in [1.54, 1.807) is 0 Å². The van der Waals surface area contributed by atoms with Crippen molar-refractivity contribution < 1.29 is 0 Å². The zero-order valence-corrected chi connectivity index (χ0v) is 37.3. The van der Waals surface area contributed by atoms with Gasteiger partial charge in [-0.3, -0.25) is 0 Å². The maximum atomic E-state index is 5.10. The van der Waals surface area contributed by atoms with E-state index in [4.69, 9.17) is 15.0 Å². The van der Waals surface area contributed by atoms with E-state index < -0.39 is 0 Å². The highest BCUT2D eigenvalue weighted by Gasteiger charge is 2.39. The maximum absolute atomic E-state index is 5.10. The first kappa shape index (κ1) is 39.9. The summed E-state index contributed by atoms with van der Waals surface area (Å²) in [6, 6.07) is 79.2. The molecule has 0 bridgehead atoms. The summed E-state index contributed by atoms with van der Waals surface area (Å²) in [6.07, 6.45) is 4.46. The number of para-hydroxylation sites is 3. The predicted octanol–water partition coefficient (Wildman–Crippen LogP) is 15.9. The molecule has 9 aromatic carbocycles. The summed E-state index contributed by atoms with van der Waals surface area (Å²) in [6.45, 7) is 4.77. The Morgan fingerprint density at radius 1 is 0.418 bits per heavy atom. The predicted molar refractivity (Wildman–Crippen MR) is 278 cm³/mol. The average Bonchev–Trinajstić information content (AvgIpc) is 3.84. The fourth-order valence-electron chi connectivity index (χ4n) is 9.97. The summed E-state index contributed by atoms with van der Waals surface area (Å²) >= 11 is 0. The average molecular weight is 860 g/mol. The topological polar surface area (TPSA) is 46.8 Å². The van der Waals surface area contributed by atoms with Crippen LogP contribution in [-0.4, -0.2) is 19.5 Å². The molecule has 11 aromatic rings. The lowest BCUT2D eigenvalue weighted by Crippen LogP contribution is -2.16. The van der Waals surface area contributed by atoms with Gasteiger partial charge in [0.2, 0.25) is 0 Å². The van der Waals surface area contributed by atoms with Gasteiger partial charge in [-0.2, -0.15) is 0 Å². The first-order valence-corrected chi connectivity index (χ1v) is 22.9. The van der Waals surface area contributed by atoms with Gasteiger partial charge in [-0.05, 0) is 100 Å². The van der Waals surface area contributed by atoms with Crippen molar-refractivity contribution in [3.8, 4) is 51.0 Å².